The molecule has 3 unspecified atom stereocenters. The number of carbonyl (C=O) groups excluding carboxylic acids is 1. The van der Waals surface area contributed by atoms with Crippen LogP contribution in [-0.2, 0) is 45.4 Å². The van der Waals surface area contributed by atoms with Crippen molar-refractivity contribution < 1.29 is 39.5 Å². The third-order valence-electron chi connectivity index (χ3n) is 18.4. The van der Waals surface area contributed by atoms with Crippen LogP contribution in [0.5, 0.6) is 0 Å². The summed E-state index contributed by atoms with van der Waals surface area (Å²) in [5.74, 6) is 0. The molecular weight excluding hydrogens is 913 g/mol. The van der Waals surface area contributed by atoms with E-state index in [-0.39, 0.29) is 44.1 Å². The molecule has 1 rings (SSSR count). The van der Waals surface area contributed by atoms with Gasteiger partial charge in [0, 0.05) is 0 Å². The highest BCUT2D eigenvalue weighted by Gasteiger charge is 2.63. The molecule has 68 heavy (non-hydrogen) atoms. The molecule has 12 heteroatoms. The molecule has 0 radical (unpaired) electrons. The minimum Gasteiger partial charge on any atom is -0.434 e. The topological polar surface area (TPSA) is 138 Å². The Balaban J connectivity index is 4.54. The number of unbranched alkanes of at least 4 members (excludes halogenated alkanes) is 1. The quantitative estimate of drug-likeness (QED) is 0.0618. The molecule has 0 saturated carbocycles. The Morgan fingerprint density at radius 2 is 0.912 bits per heavy atom. The second-order valence-electron chi connectivity index (χ2n) is 22.1. The predicted octanol–water partition coefficient (Wildman–Crippen LogP) is 15.4. The third-order valence-corrected chi connectivity index (χ3v) is 28.3. The number of benzene rings is 1. The van der Waals surface area contributed by atoms with Crippen LogP contribution in [0, 0.1) is 16.2 Å². The molecule has 400 valence electrons. The van der Waals surface area contributed by atoms with Crippen molar-refractivity contribution in [3.8, 4) is 0 Å². The van der Waals surface area contributed by atoms with Gasteiger partial charge in [-0.15, -0.1) is 0 Å². The van der Waals surface area contributed by atoms with Crippen LogP contribution >= 0.6 is 0 Å². The van der Waals surface area contributed by atoms with E-state index in [2.05, 4.69) is 27.7 Å². The molecule has 0 fully saturated rings. The fourth-order valence-electron chi connectivity index (χ4n) is 12.7. The van der Waals surface area contributed by atoms with E-state index in [1.54, 1.807) is 20.8 Å². The highest BCUT2D eigenvalue weighted by Crippen LogP contribution is 2.59. The van der Waals surface area contributed by atoms with Gasteiger partial charge in [0.15, 0.2) is 29.5 Å². The summed E-state index contributed by atoms with van der Waals surface area (Å²) in [6.45, 7) is 35.1. The molecule has 1 aromatic rings. The molecule has 0 aliphatic heterocycles. The zero-order valence-corrected chi connectivity index (χ0v) is 49.3. The minimum atomic E-state index is -4.30. The lowest BCUT2D eigenvalue weighted by atomic mass is 9.65. The van der Waals surface area contributed by atoms with Crippen molar-refractivity contribution in [1.29, 1.82) is 0 Å². The molecule has 0 N–H and O–H groups in total. The summed E-state index contributed by atoms with van der Waals surface area (Å²) in [6, 6.07) is 9.86. The lowest BCUT2D eigenvalue weighted by Gasteiger charge is -2.55. The summed E-state index contributed by atoms with van der Waals surface area (Å²) in [5, 5.41) is -2.58. The Hall–Kier alpha value is -1.66. The van der Waals surface area contributed by atoms with Crippen molar-refractivity contribution in [2.24, 2.45) is 16.2 Å². The normalized spacial score (nSPS) is 15.5. The van der Waals surface area contributed by atoms with Crippen LogP contribution in [0.15, 0.2) is 30.3 Å². The summed E-state index contributed by atoms with van der Waals surface area (Å²) < 4.78 is 103. The summed E-state index contributed by atoms with van der Waals surface area (Å²) >= 11 is 0. The molecule has 0 aliphatic carbocycles. The number of hydrogen-bond donors (Lipinski definition) is 0. The van der Waals surface area contributed by atoms with Crippen molar-refractivity contribution in [3.05, 3.63) is 35.9 Å². The van der Waals surface area contributed by atoms with Gasteiger partial charge in [0.2, 0.25) is 0 Å². The van der Waals surface area contributed by atoms with Crippen LogP contribution in [-0.4, -0.2) is 73.6 Å². The molecule has 0 heterocycles. The monoisotopic (exact) mass is 1020 g/mol. The van der Waals surface area contributed by atoms with Crippen LogP contribution in [0.25, 0.3) is 0 Å². The van der Waals surface area contributed by atoms with E-state index < -0.39 is 82.1 Å². The fraction of sp³-hybridized carbons (Fsp3) is 0.875. The van der Waals surface area contributed by atoms with Crippen LogP contribution in [0.1, 0.15) is 252 Å². The first-order valence-corrected chi connectivity index (χ1v) is 31.8. The Labute approximate surface area is 420 Å². The summed E-state index contributed by atoms with van der Waals surface area (Å²) in [5.41, 5.74) is -2.06. The molecular formula is C56H104O9S3. The SMILES string of the molecule is CCCCC(CC(CC)(CC)C(CC)(CC)S(=O)(=O)C(CCOC(=O)OC(C)(C)C)CC(CC)(CC)C(CC)(CC)S(=O)(=O)C(Cc1ccccc1)CC(C)(CC)CC)S(=O)(=O)C(C)(CC)CC. The smallest absolute Gasteiger partial charge is 0.434 e. The van der Waals surface area contributed by atoms with Gasteiger partial charge in [-0.05, 0) is 152 Å². The highest BCUT2D eigenvalue weighted by molar-refractivity contribution is 7.94. The summed E-state index contributed by atoms with van der Waals surface area (Å²) in [6.07, 6.45) is 7.53. The third kappa shape index (κ3) is 13.3. The standard InChI is InChI=1S/C56H104O9S3/c1-19-32-38-46(66(58,59)52(18,22-4)23-5)43-53(24-6,25-7)55(28-10,29-11)67(60,61)47(39-40-64-49(57)65-50(14,15)16)44-54(26-8,27-9)56(30-12,31-13)68(62,63)48(42-51(17,20-2)21-3)41-45-36-34-33-35-37-45/h33-37,46-48H,19-32,38-44H2,1-18H3. The molecule has 0 saturated heterocycles. The van der Waals surface area contributed by atoms with E-state index in [1.807, 2.05) is 106 Å². The zero-order chi connectivity index (χ0) is 52.7. The Morgan fingerprint density at radius 1 is 0.500 bits per heavy atom. The van der Waals surface area contributed by atoms with Gasteiger partial charge in [-0.1, -0.05) is 153 Å². The van der Waals surface area contributed by atoms with Crippen LogP contribution in [0.2, 0.25) is 0 Å². The molecule has 0 bridgehead atoms. The molecule has 1 aromatic carbocycles. The van der Waals surface area contributed by atoms with Gasteiger partial charge in [-0.25, -0.2) is 30.0 Å². The second kappa shape index (κ2) is 26.3. The van der Waals surface area contributed by atoms with Crippen molar-refractivity contribution >= 4 is 35.7 Å². The molecule has 0 spiro atoms. The molecule has 0 aliphatic rings. The number of sulfone groups is 3. The molecule has 3 atom stereocenters. The van der Waals surface area contributed by atoms with Gasteiger partial charge >= 0.3 is 6.16 Å². The van der Waals surface area contributed by atoms with Gasteiger partial charge in [0.05, 0.1) is 36.6 Å². The van der Waals surface area contributed by atoms with Crippen molar-refractivity contribution in [1.82, 2.24) is 0 Å². The number of carbonyl (C=O) groups is 1. The maximum atomic E-state index is 16.7. The van der Waals surface area contributed by atoms with Crippen molar-refractivity contribution in [3.63, 3.8) is 0 Å². The predicted molar refractivity (Wildman–Crippen MR) is 289 cm³/mol. The Kier molecular flexibility index (Phi) is 24.9. The largest absolute Gasteiger partial charge is 0.508 e. The Morgan fingerprint density at radius 3 is 1.26 bits per heavy atom. The van der Waals surface area contributed by atoms with Gasteiger partial charge < -0.3 is 9.47 Å². The second-order valence-corrected chi connectivity index (χ2v) is 29.9. The number of rotatable bonds is 34. The molecule has 0 aromatic heterocycles. The van der Waals surface area contributed by atoms with Crippen molar-refractivity contribution in [2.75, 3.05) is 6.61 Å². The lowest BCUT2D eigenvalue weighted by molar-refractivity contribution is -0.00816. The van der Waals surface area contributed by atoms with Gasteiger partial charge in [0.25, 0.3) is 0 Å². The average Bonchev–Trinajstić information content (AvgIpc) is 3.31. The first-order chi connectivity index (χ1) is 31.5. The van der Waals surface area contributed by atoms with E-state index in [4.69, 9.17) is 9.47 Å². The van der Waals surface area contributed by atoms with Crippen LogP contribution in [0.3, 0.4) is 0 Å². The maximum absolute atomic E-state index is 16.7. The first kappa shape index (κ1) is 64.4. The van der Waals surface area contributed by atoms with E-state index in [1.165, 1.54) is 0 Å². The van der Waals surface area contributed by atoms with E-state index in [9.17, 15) is 13.2 Å². The lowest BCUT2D eigenvalue weighted by Crippen LogP contribution is -2.61. The number of hydrogen-bond acceptors (Lipinski definition) is 9. The Bertz CT molecular complexity index is 1960. The van der Waals surface area contributed by atoms with Crippen molar-refractivity contribution in [2.45, 2.75) is 289 Å². The summed E-state index contributed by atoms with van der Waals surface area (Å²) in [4.78, 5) is 13.1. The van der Waals surface area contributed by atoms with Crippen LogP contribution in [0.4, 0.5) is 4.79 Å². The van der Waals surface area contributed by atoms with Gasteiger partial charge in [0.1, 0.15) is 5.60 Å². The van der Waals surface area contributed by atoms with Gasteiger partial charge in [-0.2, -0.15) is 0 Å². The average molecular weight is 1020 g/mol. The number of ether oxygens (including phenoxy) is 2. The minimum absolute atomic E-state index is 0.0460. The molecule has 9 nitrogen and oxygen atoms in total. The maximum Gasteiger partial charge on any atom is 0.508 e. The molecule has 0 amide bonds. The van der Waals surface area contributed by atoms with Gasteiger partial charge in [-0.3, -0.25) is 0 Å². The van der Waals surface area contributed by atoms with E-state index in [0.717, 1.165) is 24.8 Å². The zero-order valence-electron chi connectivity index (χ0n) is 46.9. The van der Waals surface area contributed by atoms with E-state index in [0.29, 0.717) is 77.0 Å². The highest BCUT2D eigenvalue weighted by atomic mass is 32.2. The summed E-state index contributed by atoms with van der Waals surface area (Å²) in [7, 11) is -12.0. The van der Waals surface area contributed by atoms with Crippen LogP contribution < -0.4 is 0 Å². The first-order valence-electron chi connectivity index (χ1n) is 27.1. The fourth-order valence-corrected chi connectivity index (χ4v) is 22.1. The van der Waals surface area contributed by atoms with E-state index >= 15 is 16.8 Å².